The fourth-order valence-electron chi connectivity index (χ4n) is 4.02. The van der Waals surface area contributed by atoms with Crippen LogP contribution in [0.1, 0.15) is 41.6 Å². The van der Waals surface area contributed by atoms with Crippen molar-refractivity contribution in [2.75, 3.05) is 11.9 Å². The van der Waals surface area contributed by atoms with E-state index in [9.17, 15) is 18.0 Å². The molecule has 5 rings (SSSR count). The summed E-state index contributed by atoms with van der Waals surface area (Å²) in [4.78, 5) is 27.1. The van der Waals surface area contributed by atoms with Crippen LogP contribution in [0.25, 0.3) is 0 Å². The van der Waals surface area contributed by atoms with Gasteiger partial charge in [-0.2, -0.15) is 8.42 Å². The van der Waals surface area contributed by atoms with Gasteiger partial charge in [0.2, 0.25) is 5.91 Å². The molecule has 2 aromatic carbocycles. The van der Waals surface area contributed by atoms with E-state index in [0.717, 1.165) is 19.3 Å². The summed E-state index contributed by atoms with van der Waals surface area (Å²) in [6.07, 6.45) is 3.41. The second-order valence-corrected chi connectivity index (χ2v) is 9.62. The van der Waals surface area contributed by atoms with Crippen LogP contribution in [0.2, 0.25) is 0 Å². The van der Waals surface area contributed by atoms with Crippen LogP contribution in [0.15, 0.2) is 57.8 Å². The number of nitrogens with zero attached hydrogens (tertiary/aromatic N) is 2. The Morgan fingerprint density at radius 2 is 1.74 bits per heavy atom. The SMILES string of the molecule is O=C(NC1CC1)c1ccc(NC(=O)[C@@H]2CCCN2C2=NS(=O)(=O)c3ccccc32)cc1. The fourth-order valence-corrected chi connectivity index (χ4v) is 5.23. The van der Waals surface area contributed by atoms with E-state index in [2.05, 4.69) is 15.0 Å². The van der Waals surface area contributed by atoms with Crippen molar-refractivity contribution in [2.45, 2.75) is 42.7 Å². The number of carbonyl (C=O) groups is 2. The highest BCUT2D eigenvalue weighted by Gasteiger charge is 2.39. The molecule has 8 nitrogen and oxygen atoms in total. The van der Waals surface area contributed by atoms with Gasteiger partial charge in [0.25, 0.3) is 15.9 Å². The maximum atomic E-state index is 13.0. The Morgan fingerprint density at radius 3 is 2.48 bits per heavy atom. The van der Waals surface area contributed by atoms with E-state index in [-0.39, 0.29) is 22.8 Å². The molecule has 0 unspecified atom stereocenters. The van der Waals surface area contributed by atoms with Gasteiger partial charge < -0.3 is 15.5 Å². The van der Waals surface area contributed by atoms with Crippen LogP contribution < -0.4 is 10.6 Å². The van der Waals surface area contributed by atoms with Gasteiger partial charge in [0.1, 0.15) is 10.9 Å². The van der Waals surface area contributed by atoms with Crippen molar-refractivity contribution >= 4 is 33.4 Å². The molecular formula is C22H22N4O4S. The van der Waals surface area contributed by atoms with Gasteiger partial charge in [-0.25, -0.2) is 0 Å². The van der Waals surface area contributed by atoms with E-state index < -0.39 is 16.1 Å². The summed E-state index contributed by atoms with van der Waals surface area (Å²) < 4.78 is 28.8. The van der Waals surface area contributed by atoms with E-state index in [1.807, 2.05) is 0 Å². The number of hydrogen-bond donors (Lipinski definition) is 2. The molecule has 2 fully saturated rings. The maximum absolute atomic E-state index is 13.0. The average molecular weight is 439 g/mol. The number of anilines is 1. The zero-order valence-electron chi connectivity index (χ0n) is 16.7. The van der Waals surface area contributed by atoms with E-state index in [0.29, 0.717) is 35.6 Å². The highest BCUT2D eigenvalue weighted by Crippen LogP contribution is 2.31. The summed E-state index contributed by atoms with van der Waals surface area (Å²) in [7, 11) is -3.74. The van der Waals surface area contributed by atoms with Crippen molar-refractivity contribution in [3.8, 4) is 0 Å². The molecule has 2 N–H and O–H groups in total. The summed E-state index contributed by atoms with van der Waals surface area (Å²) in [6, 6.07) is 13.2. The predicted molar refractivity (Wildman–Crippen MR) is 115 cm³/mol. The van der Waals surface area contributed by atoms with Crippen LogP contribution in [0.3, 0.4) is 0 Å². The minimum Gasteiger partial charge on any atom is -0.349 e. The number of rotatable bonds is 4. The highest BCUT2D eigenvalue weighted by atomic mass is 32.2. The van der Waals surface area contributed by atoms with Gasteiger partial charge in [-0.05, 0) is 62.1 Å². The third kappa shape index (κ3) is 3.81. The average Bonchev–Trinajstić information content (AvgIpc) is 3.35. The Morgan fingerprint density at radius 1 is 1.00 bits per heavy atom. The minimum atomic E-state index is -3.74. The monoisotopic (exact) mass is 438 g/mol. The Kier molecular flexibility index (Phi) is 4.77. The van der Waals surface area contributed by atoms with Crippen molar-refractivity contribution in [1.29, 1.82) is 0 Å². The van der Waals surface area contributed by atoms with Gasteiger partial charge >= 0.3 is 0 Å². The van der Waals surface area contributed by atoms with Gasteiger partial charge in [-0.3, -0.25) is 9.59 Å². The first-order chi connectivity index (χ1) is 14.9. The van der Waals surface area contributed by atoms with Crippen LogP contribution in [0, 0.1) is 0 Å². The molecule has 2 aliphatic heterocycles. The molecule has 1 atom stereocenters. The van der Waals surface area contributed by atoms with Crippen LogP contribution in [-0.4, -0.2) is 49.6 Å². The lowest BCUT2D eigenvalue weighted by molar-refractivity contribution is -0.119. The van der Waals surface area contributed by atoms with Gasteiger partial charge in [0.05, 0.1) is 0 Å². The Balaban J connectivity index is 1.31. The summed E-state index contributed by atoms with van der Waals surface area (Å²) in [5.41, 5.74) is 1.67. The smallest absolute Gasteiger partial charge is 0.285 e. The first kappa shape index (κ1) is 19.7. The molecule has 2 aromatic rings. The molecule has 3 aliphatic rings. The Labute approximate surface area is 180 Å². The Bertz CT molecular complexity index is 1190. The van der Waals surface area contributed by atoms with E-state index in [1.165, 1.54) is 6.07 Å². The molecule has 0 aromatic heterocycles. The third-order valence-corrected chi connectivity index (χ3v) is 7.09. The number of amides is 2. The number of sulfonamides is 1. The zero-order chi connectivity index (χ0) is 21.6. The van der Waals surface area contributed by atoms with Crippen molar-refractivity contribution < 1.29 is 18.0 Å². The molecule has 1 saturated heterocycles. The van der Waals surface area contributed by atoms with Gasteiger partial charge in [-0.1, -0.05) is 12.1 Å². The second-order valence-electron chi connectivity index (χ2n) is 8.05. The number of amidine groups is 1. The molecule has 0 radical (unpaired) electrons. The fraction of sp³-hybridized carbons (Fsp3) is 0.318. The van der Waals surface area contributed by atoms with E-state index in [4.69, 9.17) is 0 Å². The summed E-state index contributed by atoms with van der Waals surface area (Å²) in [5, 5.41) is 5.82. The summed E-state index contributed by atoms with van der Waals surface area (Å²) in [5.74, 6) is -0.000954. The van der Waals surface area contributed by atoms with E-state index >= 15 is 0 Å². The zero-order valence-corrected chi connectivity index (χ0v) is 17.6. The largest absolute Gasteiger partial charge is 0.349 e. The molecule has 9 heteroatoms. The van der Waals surface area contributed by atoms with Crippen LogP contribution >= 0.6 is 0 Å². The molecule has 1 aliphatic carbocycles. The number of likely N-dealkylation sites (tertiary alicyclic amines) is 1. The predicted octanol–water partition coefficient (Wildman–Crippen LogP) is 2.13. The van der Waals surface area contributed by atoms with Crippen LogP contribution in [-0.2, 0) is 14.8 Å². The molecular weight excluding hydrogens is 416 g/mol. The minimum absolute atomic E-state index is 0.110. The quantitative estimate of drug-likeness (QED) is 0.760. The second kappa shape index (κ2) is 7.49. The van der Waals surface area contributed by atoms with Gasteiger partial charge in [0.15, 0.2) is 5.84 Å². The van der Waals surface area contributed by atoms with Crippen molar-refractivity contribution in [1.82, 2.24) is 10.2 Å². The first-order valence-electron chi connectivity index (χ1n) is 10.4. The third-order valence-electron chi connectivity index (χ3n) is 5.77. The molecule has 0 spiro atoms. The molecule has 2 heterocycles. The summed E-state index contributed by atoms with van der Waals surface area (Å²) in [6.45, 7) is 0.557. The molecule has 2 amide bonds. The molecule has 31 heavy (non-hydrogen) atoms. The van der Waals surface area contributed by atoms with Gasteiger partial charge in [0, 0.05) is 29.4 Å². The van der Waals surface area contributed by atoms with Crippen LogP contribution in [0.5, 0.6) is 0 Å². The molecule has 1 saturated carbocycles. The first-order valence-corrected chi connectivity index (χ1v) is 11.8. The standard InChI is InChI=1S/C22H22N4O4S/c27-21(23-16-11-12-16)14-7-9-15(10-8-14)24-22(28)18-5-3-13-26(18)20-17-4-1-2-6-19(17)31(29,30)25-20/h1-2,4,6-10,16,18H,3,5,11-13H2,(H,23,27)(H,24,28)/t18-/m0/s1. The number of hydrogen-bond acceptors (Lipinski definition) is 5. The van der Waals surface area contributed by atoms with Crippen molar-refractivity contribution in [3.05, 3.63) is 59.7 Å². The lowest BCUT2D eigenvalue weighted by atomic mass is 10.1. The highest BCUT2D eigenvalue weighted by molar-refractivity contribution is 7.90. The number of benzene rings is 2. The lowest BCUT2D eigenvalue weighted by Crippen LogP contribution is -2.43. The summed E-state index contributed by atoms with van der Waals surface area (Å²) >= 11 is 0. The topological polar surface area (TPSA) is 108 Å². The Hall–Kier alpha value is -3.20. The lowest BCUT2D eigenvalue weighted by Gasteiger charge is -2.25. The number of fused-ring (bicyclic) bond motifs is 1. The molecule has 0 bridgehead atoms. The van der Waals surface area contributed by atoms with E-state index in [1.54, 1.807) is 47.4 Å². The normalized spacial score (nSPS) is 21.4. The number of nitrogens with one attached hydrogen (secondary N) is 2. The van der Waals surface area contributed by atoms with Crippen LogP contribution in [0.4, 0.5) is 5.69 Å². The van der Waals surface area contributed by atoms with Crippen molar-refractivity contribution in [3.63, 3.8) is 0 Å². The molecule has 160 valence electrons. The van der Waals surface area contributed by atoms with Crippen molar-refractivity contribution in [2.24, 2.45) is 4.40 Å². The van der Waals surface area contributed by atoms with Gasteiger partial charge in [-0.15, -0.1) is 4.40 Å². The maximum Gasteiger partial charge on any atom is 0.285 e. The number of carbonyl (C=O) groups excluding carboxylic acids is 2.